The highest BCUT2D eigenvalue weighted by molar-refractivity contribution is 6.34. The van der Waals surface area contributed by atoms with Crippen LogP contribution >= 0.6 is 0 Å². The van der Waals surface area contributed by atoms with Crippen LogP contribution in [0, 0.1) is 0 Å². The van der Waals surface area contributed by atoms with E-state index in [0.717, 1.165) is 12.1 Å². The molecular weight excluding hydrogens is 339 g/mol. The molecule has 1 aromatic carbocycles. The van der Waals surface area contributed by atoms with Gasteiger partial charge in [0.1, 0.15) is 0 Å². The smallest absolute Gasteiger partial charge is 0.361 e. The molecule has 0 radical (unpaired) electrons. The fourth-order valence-electron chi connectivity index (χ4n) is 3.10. The third kappa shape index (κ3) is 3.75. The van der Waals surface area contributed by atoms with Crippen LogP contribution in [0.5, 0.6) is 0 Å². The highest BCUT2D eigenvalue weighted by Crippen LogP contribution is 2.33. The summed E-state index contributed by atoms with van der Waals surface area (Å²) in [6.07, 6.45) is -4.65. The molecule has 0 saturated carbocycles. The van der Waals surface area contributed by atoms with E-state index in [1.165, 1.54) is 21.9 Å². The zero-order valence-electron chi connectivity index (χ0n) is 13.7. The Balaban J connectivity index is 2.30. The van der Waals surface area contributed by atoms with E-state index in [-0.39, 0.29) is 13.1 Å². The van der Waals surface area contributed by atoms with Gasteiger partial charge in [-0.15, -0.1) is 0 Å². The van der Waals surface area contributed by atoms with Crippen LogP contribution in [0.25, 0.3) is 0 Å². The topological polar surface area (TPSA) is 83.7 Å². The van der Waals surface area contributed by atoms with Gasteiger partial charge in [-0.25, -0.2) is 0 Å². The highest BCUT2D eigenvalue weighted by Gasteiger charge is 2.40. The van der Waals surface area contributed by atoms with Crippen molar-refractivity contribution in [3.63, 3.8) is 0 Å². The molecule has 9 heteroatoms. The first kappa shape index (κ1) is 18.8. The molecule has 6 nitrogen and oxygen atoms in total. The number of nitrogens with zero attached hydrogens (tertiary/aromatic N) is 2. The number of primary amides is 1. The summed E-state index contributed by atoms with van der Waals surface area (Å²) in [5, 5.41) is 0. The van der Waals surface area contributed by atoms with E-state index in [4.69, 9.17) is 5.73 Å². The Kier molecular flexibility index (Phi) is 5.05. The minimum absolute atomic E-state index is 0.0199. The molecular formula is C16H18F3N3O3. The molecule has 2 N–H and O–H groups in total. The summed E-state index contributed by atoms with van der Waals surface area (Å²) in [5.41, 5.74) is 3.53. The van der Waals surface area contributed by atoms with Gasteiger partial charge < -0.3 is 15.5 Å². The van der Waals surface area contributed by atoms with Gasteiger partial charge in [-0.3, -0.25) is 14.4 Å². The Morgan fingerprint density at radius 2 is 1.60 bits per heavy atom. The Bertz CT molecular complexity index is 693. The summed E-state index contributed by atoms with van der Waals surface area (Å²) in [6, 6.07) is 3.43. The molecule has 1 aromatic rings. The van der Waals surface area contributed by atoms with Gasteiger partial charge in [-0.05, 0) is 26.0 Å². The van der Waals surface area contributed by atoms with Crippen molar-refractivity contribution in [3.8, 4) is 0 Å². The van der Waals surface area contributed by atoms with E-state index >= 15 is 0 Å². The molecule has 136 valence electrons. The second kappa shape index (κ2) is 6.73. The summed E-state index contributed by atoms with van der Waals surface area (Å²) in [7, 11) is 0. The number of alkyl halides is 3. The van der Waals surface area contributed by atoms with Gasteiger partial charge in [0.05, 0.1) is 11.1 Å². The maximum absolute atomic E-state index is 13.2. The van der Waals surface area contributed by atoms with Gasteiger partial charge >= 0.3 is 18.0 Å². The fourth-order valence-corrected chi connectivity index (χ4v) is 3.10. The van der Waals surface area contributed by atoms with Crippen molar-refractivity contribution in [2.45, 2.75) is 32.1 Å². The van der Waals surface area contributed by atoms with Crippen molar-refractivity contribution in [1.29, 1.82) is 0 Å². The quantitative estimate of drug-likeness (QED) is 0.768. The third-order valence-electron chi connectivity index (χ3n) is 4.11. The minimum atomic E-state index is -4.65. The molecule has 0 aliphatic carbocycles. The first-order chi connectivity index (χ1) is 11.5. The summed E-state index contributed by atoms with van der Waals surface area (Å²) < 4.78 is 39.5. The van der Waals surface area contributed by atoms with Gasteiger partial charge in [0, 0.05) is 25.2 Å². The maximum Gasteiger partial charge on any atom is 0.417 e. The molecule has 25 heavy (non-hydrogen) atoms. The molecule has 1 fully saturated rings. The average Bonchev–Trinajstić information content (AvgIpc) is 2.52. The predicted molar refractivity (Wildman–Crippen MR) is 82.3 cm³/mol. The second-order valence-corrected chi connectivity index (χ2v) is 6.03. The molecule has 0 aromatic heterocycles. The van der Waals surface area contributed by atoms with E-state index in [9.17, 15) is 27.6 Å². The zero-order valence-corrected chi connectivity index (χ0v) is 13.7. The normalized spacial score (nSPS) is 21.2. The molecule has 0 bridgehead atoms. The molecule has 2 unspecified atom stereocenters. The van der Waals surface area contributed by atoms with Crippen LogP contribution < -0.4 is 5.73 Å². The maximum atomic E-state index is 13.2. The number of rotatable bonds is 1. The van der Waals surface area contributed by atoms with Crippen LogP contribution in [-0.2, 0) is 15.8 Å². The number of nitrogens with two attached hydrogens (primary N) is 1. The monoisotopic (exact) mass is 357 g/mol. The molecule has 0 spiro atoms. The lowest BCUT2D eigenvalue weighted by atomic mass is 10.0. The lowest BCUT2D eigenvalue weighted by Gasteiger charge is -2.44. The molecule has 1 aliphatic rings. The van der Waals surface area contributed by atoms with Crippen LogP contribution in [0.2, 0.25) is 0 Å². The Morgan fingerprint density at radius 3 is 2.08 bits per heavy atom. The number of hydrogen-bond donors (Lipinski definition) is 1. The van der Waals surface area contributed by atoms with Gasteiger partial charge in [-0.2, -0.15) is 13.2 Å². The zero-order chi connectivity index (χ0) is 18.9. The van der Waals surface area contributed by atoms with Crippen LogP contribution in [0.1, 0.15) is 29.8 Å². The van der Waals surface area contributed by atoms with E-state index in [1.807, 2.05) is 0 Å². The number of carbonyl (C=O) groups excluding carboxylic acids is 3. The second-order valence-electron chi connectivity index (χ2n) is 6.03. The van der Waals surface area contributed by atoms with Crippen molar-refractivity contribution >= 4 is 17.7 Å². The SMILES string of the molecule is CC1CN(C(=O)C(N)=O)CC(C)N1C(=O)c1ccccc1C(F)(F)F. The molecule has 2 rings (SSSR count). The third-order valence-corrected chi connectivity index (χ3v) is 4.11. The molecule has 1 saturated heterocycles. The van der Waals surface area contributed by atoms with Crippen molar-refractivity contribution in [2.24, 2.45) is 5.73 Å². The van der Waals surface area contributed by atoms with Gasteiger partial charge in [0.25, 0.3) is 5.91 Å². The number of amides is 3. The first-order valence-corrected chi connectivity index (χ1v) is 7.61. The summed E-state index contributed by atoms with van der Waals surface area (Å²) >= 11 is 0. The number of halogens is 3. The van der Waals surface area contributed by atoms with E-state index < -0.39 is 47.1 Å². The van der Waals surface area contributed by atoms with Gasteiger partial charge in [0.2, 0.25) is 0 Å². The Labute approximate surface area is 142 Å². The fraction of sp³-hybridized carbons (Fsp3) is 0.438. The van der Waals surface area contributed by atoms with E-state index in [2.05, 4.69) is 0 Å². The average molecular weight is 357 g/mol. The molecule has 3 amide bonds. The van der Waals surface area contributed by atoms with Crippen molar-refractivity contribution in [3.05, 3.63) is 35.4 Å². The summed E-state index contributed by atoms with van der Waals surface area (Å²) in [5.74, 6) is -2.75. The summed E-state index contributed by atoms with van der Waals surface area (Å²) in [4.78, 5) is 38.0. The minimum Gasteiger partial charge on any atom is -0.361 e. The summed E-state index contributed by atoms with van der Waals surface area (Å²) in [6.45, 7) is 3.24. The molecule has 1 heterocycles. The largest absolute Gasteiger partial charge is 0.417 e. The lowest BCUT2D eigenvalue weighted by Crippen LogP contribution is -2.61. The van der Waals surface area contributed by atoms with Gasteiger partial charge in [-0.1, -0.05) is 12.1 Å². The number of hydrogen-bond acceptors (Lipinski definition) is 3. The van der Waals surface area contributed by atoms with Crippen LogP contribution in [0.4, 0.5) is 13.2 Å². The van der Waals surface area contributed by atoms with Crippen LogP contribution in [0.15, 0.2) is 24.3 Å². The van der Waals surface area contributed by atoms with Crippen molar-refractivity contribution in [2.75, 3.05) is 13.1 Å². The van der Waals surface area contributed by atoms with Crippen LogP contribution in [-0.4, -0.2) is 52.7 Å². The first-order valence-electron chi connectivity index (χ1n) is 7.61. The predicted octanol–water partition coefficient (Wildman–Crippen LogP) is 1.25. The van der Waals surface area contributed by atoms with Crippen LogP contribution in [0.3, 0.4) is 0 Å². The molecule has 2 atom stereocenters. The highest BCUT2D eigenvalue weighted by atomic mass is 19.4. The standard InChI is InChI=1S/C16H18F3N3O3/c1-9-7-21(15(25)13(20)23)8-10(2)22(9)14(24)11-5-3-4-6-12(11)16(17,18)19/h3-6,9-10H,7-8H2,1-2H3,(H2,20,23). The Hall–Kier alpha value is -2.58. The number of carbonyl (C=O) groups is 3. The number of benzene rings is 1. The lowest BCUT2D eigenvalue weighted by molar-refractivity contribution is -0.146. The van der Waals surface area contributed by atoms with Crippen molar-refractivity contribution < 1.29 is 27.6 Å². The molecule has 1 aliphatic heterocycles. The van der Waals surface area contributed by atoms with Gasteiger partial charge in [0.15, 0.2) is 0 Å². The Morgan fingerprint density at radius 1 is 1.08 bits per heavy atom. The van der Waals surface area contributed by atoms with E-state index in [0.29, 0.717) is 0 Å². The number of piperazine rings is 1. The van der Waals surface area contributed by atoms with Crippen molar-refractivity contribution in [1.82, 2.24) is 9.80 Å². The van der Waals surface area contributed by atoms with E-state index in [1.54, 1.807) is 13.8 Å².